The van der Waals surface area contributed by atoms with Crippen LogP contribution in [0, 0.1) is 0 Å². The first-order valence-electron chi connectivity index (χ1n) is 6.19. The van der Waals surface area contributed by atoms with Crippen molar-refractivity contribution in [2.24, 2.45) is 0 Å². The minimum Gasteiger partial charge on any atom is -0.365 e. The van der Waals surface area contributed by atoms with Gasteiger partial charge in [0.1, 0.15) is 0 Å². The normalized spacial score (nSPS) is 15.5. The lowest BCUT2D eigenvalue weighted by Gasteiger charge is -2.36. The van der Waals surface area contributed by atoms with E-state index in [4.69, 9.17) is 23.2 Å². The fourth-order valence-corrected chi connectivity index (χ4v) is 2.52. The molecular formula is C12H12Cl2N6. The molecule has 1 saturated heterocycles. The highest BCUT2D eigenvalue weighted by atomic mass is 35.5. The SMILES string of the molecule is Clc1cc(N2CCN(c3ncccn3)CC2)c(Cl)nn1. The number of rotatable bonds is 2. The van der Waals surface area contributed by atoms with Crippen molar-refractivity contribution in [3.8, 4) is 0 Å². The molecule has 0 N–H and O–H groups in total. The number of piperazine rings is 1. The molecule has 2 aromatic heterocycles. The summed E-state index contributed by atoms with van der Waals surface area (Å²) in [6.07, 6.45) is 3.50. The molecule has 2 aromatic rings. The minimum absolute atomic E-state index is 0.346. The van der Waals surface area contributed by atoms with Gasteiger partial charge >= 0.3 is 0 Å². The fraction of sp³-hybridized carbons (Fsp3) is 0.333. The van der Waals surface area contributed by atoms with Crippen LogP contribution in [-0.4, -0.2) is 46.3 Å². The highest BCUT2D eigenvalue weighted by molar-refractivity contribution is 6.33. The molecule has 8 heteroatoms. The van der Waals surface area contributed by atoms with Crippen molar-refractivity contribution in [2.75, 3.05) is 36.0 Å². The van der Waals surface area contributed by atoms with Gasteiger partial charge in [-0.3, -0.25) is 0 Å². The summed E-state index contributed by atoms with van der Waals surface area (Å²) >= 11 is 11.9. The Labute approximate surface area is 126 Å². The van der Waals surface area contributed by atoms with E-state index in [0.29, 0.717) is 10.3 Å². The van der Waals surface area contributed by atoms with E-state index >= 15 is 0 Å². The molecule has 0 spiro atoms. The molecular weight excluding hydrogens is 299 g/mol. The van der Waals surface area contributed by atoms with Crippen LogP contribution in [0.1, 0.15) is 0 Å². The maximum absolute atomic E-state index is 6.07. The van der Waals surface area contributed by atoms with Crippen LogP contribution in [0.25, 0.3) is 0 Å². The predicted molar refractivity (Wildman–Crippen MR) is 78.5 cm³/mol. The van der Waals surface area contributed by atoms with Gasteiger partial charge in [-0.15, -0.1) is 10.2 Å². The Morgan fingerprint density at radius 3 is 2.25 bits per heavy atom. The van der Waals surface area contributed by atoms with Gasteiger partial charge in [-0.25, -0.2) is 9.97 Å². The molecule has 20 heavy (non-hydrogen) atoms. The zero-order chi connectivity index (χ0) is 13.9. The van der Waals surface area contributed by atoms with Crippen LogP contribution >= 0.6 is 23.2 Å². The number of hydrogen-bond acceptors (Lipinski definition) is 6. The minimum atomic E-state index is 0.346. The fourth-order valence-electron chi connectivity index (χ4n) is 2.17. The van der Waals surface area contributed by atoms with Gasteiger partial charge in [0.2, 0.25) is 5.95 Å². The molecule has 0 unspecified atom stereocenters. The van der Waals surface area contributed by atoms with Gasteiger partial charge in [-0.1, -0.05) is 23.2 Å². The predicted octanol–water partition coefficient (Wildman–Crippen LogP) is 1.90. The van der Waals surface area contributed by atoms with Gasteiger partial charge in [-0.2, -0.15) is 0 Å². The second-order valence-electron chi connectivity index (χ2n) is 4.37. The summed E-state index contributed by atoms with van der Waals surface area (Å²) < 4.78 is 0. The van der Waals surface area contributed by atoms with Crippen molar-refractivity contribution in [3.05, 3.63) is 34.8 Å². The average molecular weight is 311 g/mol. The number of halogens is 2. The summed E-state index contributed by atoms with van der Waals surface area (Å²) in [6, 6.07) is 3.55. The van der Waals surface area contributed by atoms with Crippen LogP contribution in [0.2, 0.25) is 10.3 Å². The first-order chi connectivity index (χ1) is 9.74. The summed E-state index contributed by atoms with van der Waals surface area (Å²) in [5, 5.41) is 8.28. The summed E-state index contributed by atoms with van der Waals surface area (Å²) in [4.78, 5) is 12.8. The molecule has 0 bridgehead atoms. The molecule has 3 rings (SSSR count). The van der Waals surface area contributed by atoms with Crippen LogP contribution in [0.5, 0.6) is 0 Å². The van der Waals surface area contributed by atoms with E-state index in [1.54, 1.807) is 18.5 Å². The average Bonchev–Trinajstić information content (AvgIpc) is 2.51. The largest absolute Gasteiger partial charge is 0.365 e. The van der Waals surface area contributed by atoms with Crippen molar-refractivity contribution >= 4 is 34.8 Å². The van der Waals surface area contributed by atoms with Gasteiger partial charge < -0.3 is 9.80 Å². The van der Waals surface area contributed by atoms with Gasteiger partial charge in [0.15, 0.2) is 10.3 Å². The van der Waals surface area contributed by atoms with Crippen LogP contribution in [0.4, 0.5) is 11.6 Å². The molecule has 3 heterocycles. The van der Waals surface area contributed by atoms with Crippen molar-refractivity contribution in [1.82, 2.24) is 20.2 Å². The number of nitrogens with zero attached hydrogens (tertiary/aromatic N) is 6. The number of hydrogen-bond donors (Lipinski definition) is 0. The second kappa shape index (κ2) is 5.76. The van der Waals surface area contributed by atoms with Crippen LogP contribution in [0.3, 0.4) is 0 Å². The van der Waals surface area contributed by atoms with Gasteiger partial charge in [0.25, 0.3) is 0 Å². The third-order valence-electron chi connectivity index (χ3n) is 3.16. The lowest BCUT2D eigenvalue weighted by Crippen LogP contribution is -2.47. The molecule has 1 aliphatic heterocycles. The second-order valence-corrected chi connectivity index (χ2v) is 5.11. The van der Waals surface area contributed by atoms with E-state index in [-0.39, 0.29) is 0 Å². The van der Waals surface area contributed by atoms with Crippen molar-refractivity contribution < 1.29 is 0 Å². The van der Waals surface area contributed by atoms with Crippen LogP contribution in [0.15, 0.2) is 24.5 Å². The number of aromatic nitrogens is 4. The Morgan fingerprint density at radius 1 is 0.900 bits per heavy atom. The van der Waals surface area contributed by atoms with Crippen molar-refractivity contribution in [2.45, 2.75) is 0 Å². The molecule has 0 amide bonds. The van der Waals surface area contributed by atoms with Crippen molar-refractivity contribution in [1.29, 1.82) is 0 Å². The van der Waals surface area contributed by atoms with E-state index in [9.17, 15) is 0 Å². The zero-order valence-electron chi connectivity index (χ0n) is 10.6. The molecule has 6 nitrogen and oxygen atoms in total. The first kappa shape index (κ1) is 13.3. The van der Waals surface area contributed by atoms with Gasteiger partial charge in [-0.05, 0) is 6.07 Å². The lowest BCUT2D eigenvalue weighted by molar-refractivity contribution is 0.638. The van der Waals surface area contributed by atoms with Gasteiger partial charge in [0.05, 0.1) is 5.69 Å². The van der Waals surface area contributed by atoms with Crippen LogP contribution in [-0.2, 0) is 0 Å². The third-order valence-corrected chi connectivity index (χ3v) is 3.61. The number of anilines is 2. The molecule has 0 saturated carbocycles. The Bertz CT molecular complexity index is 586. The Morgan fingerprint density at radius 2 is 1.55 bits per heavy atom. The molecule has 0 radical (unpaired) electrons. The van der Waals surface area contributed by atoms with Gasteiger partial charge in [0, 0.05) is 44.6 Å². The van der Waals surface area contributed by atoms with E-state index in [1.165, 1.54) is 0 Å². The molecule has 0 aromatic carbocycles. The molecule has 0 aliphatic carbocycles. The van der Waals surface area contributed by atoms with E-state index in [0.717, 1.165) is 37.8 Å². The Kier molecular flexibility index (Phi) is 3.84. The molecule has 104 valence electrons. The molecule has 0 atom stereocenters. The molecule has 1 aliphatic rings. The molecule has 1 fully saturated rings. The maximum Gasteiger partial charge on any atom is 0.225 e. The van der Waals surface area contributed by atoms with E-state index in [2.05, 4.69) is 30.0 Å². The smallest absolute Gasteiger partial charge is 0.225 e. The Balaban J connectivity index is 1.71. The standard InChI is InChI=1S/C12H12Cl2N6/c13-10-8-9(11(14)18-17-10)19-4-6-20(7-5-19)12-15-2-1-3-16-12/h1-3,8H,4-7H2. The van der Waals surface area contributed by atoms with Crippen molar-refractivity contribution in [3.63, 3.8) is 0 Å². The quantitative estimate of drug-likeness (QED) is 0.844. The topological polar surface area (TPSA) is 58.0 Å². The summed E-state index contributed by atoms with van der Waals surface area (Å²) in [6.45, 7) is 3.25. The first-order valence-corrected chi connectivity index (χ1v) is 6.95. The lowest BCUT2D eigenvalue weighted by atomic mass is 10.3. The maximum atomic E-state index is 6.07. The summed E-state index contributed by atoms with van der Waals surface area (Å²) in [7, 11) is 0. The van der Waals surface area contributed by atoms with E-state index in [1.807, 2.05) is 6.07 Å². The Hall–Kier alpha value is -1.66. The highest BCUT2D eigenvalue weighted by Crippen LogP contribution is 2.26. The zero-order valence-corrected chi connectivity index (χ0v) is 12.1. The summed E-state index contributed by atoms with van der Waals surface area (Å²) in [5.74, 6) is 0.754. The monoisotopic (exact) mass is 310 g/mol. The summed E-state index contributed by atoms with van der Waals surface area (Å²) in [5.41, 5.74) is 0.820. The van der Waals surface area contributed by atoms with E-state index < -0.39 is 0 Å². The van der Waals surface area contributed by atoms with Crippen LogP contribution < -0.4 is 9.80 Å². The third kappa shape index (κ3) is 2.76. The highest BCUT2D eigenvalue weighted by Gasteiger charge is 2.21.